The van der Waals surface area contributed by atoms with E-state index < -0.39 is 5.91 Å². The van der Waals surface area contributed by atoms with Crippen molar-refractivity contribution >= 4 is 34.8 Å². The fourth-order valence-corrected chi connectivity index (χ4v) is 2.90. The molecule has 1 aromatic heterocycles. The number of nitrogens with one attached hydrogen (secondary N) is 1. The second-order valence-corrected chi connectivity index (χ2v) is 6.02. The number of aromatic nitrogens is 2. The highest BCUT2D eigenvalue weighted by Crippen LogP contribution is 2.25. The molecule has 25 heavy (non-hydrogen) atoms. The summed E-state index contributed by atoms with van der Waals surface area (Å²) < 4.78 is 1.51. The number of hydrogen-bond donors (Lipinski definition) is 1. The molecule has 0 aliphatic carbocycles. The summed E-state index contributed by atoms with van der Waals surface area (Å²) in [5.41, 5.74) is 2.27. The minimum atomic E-state index is -0.407. The number of benzene rings is 2. The van der Waals surface area contributed by atoms with Crippen molar-refractivity contribution in [2.75, 3.05) is 5.32 Å². The Morgan fingerprint density at radius 2 is 1.92 bits per heavy atom. The molecule has 0 radical (unpaired) electrons. The van der Waals surface area contributed by atoms with Crippen LogP contribution in [0.2, 0.25) is 10.2 Å². The van der Waals surface area contributed by atoms with Crippen LogP contribution in [0, 0.1) is 18.3 Å². The minimum Gasteiger partial charge on any atom is -0.322 e. The number of anilines is 1. The number of aryl methyl sites for hydroxylation is 1. The Bertz CT molecular complexity index is 990. The van der Waals surface area contributed by atoms with Crippen LogP contribution >= 0.6 is 23.2 Å². The van der Waals surface area contributed by atoms with E-state index in [1.165, 1.54) is 10.7 Å². The molecule has 3 rings (SSSR count). The average molecular weight is 371 g/mol. The summed E-state index contributed by atoms with van der Waals surface area (Å²) in [4.78, 5) is 12.6. The van der Waals surface area contributed by atoms with Crippen LogP contribution in [-0.2, 0) is 0 Å². The second-order valence-electron chi connectivity index (χ2n) is 5.26. The lowest BCUT2D eigenvalue weighted by Crippen LogP contribution is -2.13. The van der Waals surface area contributed by atoms with Gasteiger partial charge < -0.3 is 5.32 Å². The molecule has 0 unspecified atom stereocenters. The van der Waals surface area contributed by atoms with Gasteiger partial charge in [-0.05, 0) is 37.3 Å². The quantitative estimate of drug-likeness (QED) is 0.731. The predicted molar refractivity (Wildman–Crippen MR) is 97.4 cm³/mol. The van der Waals surface area contributed by atoms with Crippen LogP contribution < -0.4 is 5.32 Å². The van der Waals surface area contributed by atoms with Gasteiger partial charge in [-0.2, -0.15) is 10.4 Å². The summed E-state index contributed by atoms with van der Waals surface area (Å²) in [5, 5.41) is 16.6. The molecule has 0 spiro atoms. The third-order valence-corrected chi connectivity index (χ3v) is 4.26. The van der Waals surface area contributed by atoms with Gasteiger partial charge in [0, 0.05) is 5.69 Å². The summed E-state index contributed by atoms with van der Waals surface area (Å²) in [6, 6.07) is 15.9. The Labute approximate surface area is 154 Å². The summed E-state index contributed by atoms with van der Waals surface area (Å²) in [5.74, 6) is -0.407. The molecule has 0 saturated heterocycles. The molecule has 1 amide bonds. The summed E-state index contributed by atoms with van der Waals surface area (Å²) in [7, 11) is 0. The van der Waals surface area contributed by atoms with Gasteiger partial charge in [-0.25, -0.2) is 4.68 Å². The Balaban J connectivity index is 1.93. The molecule has 124 valence electrons. The normalized spacial score (nSPS) is 10.3. The van der Waals surface area contributed by atoms with Gasteiger partial charge in [0.25, 0.3) is 5.91 Å². The van der Waals surface area contributed by atoms with Gasteiger partial charge in [-0.15, -0.1) is 0 Å². The third kappa shape index (κ3) is 3.36. The highest BCUT2D eigenvalue weighted by Gasteiger charge is 2.21. The topological polar surface area (TPSA) is 70.7 Å². The molecule has 0 aliphatic rings. The molecule has 1 heterocycles. The first-order chi connectivity index (χ1) is 12.0. The Morgan fingerprint density at radius 3 is 2.60 bits per heavy atom. The van der Waals surface area contributed by atoms with Crippen LogP contribution in [0.3, 0.4) is 0 Å². The summed E-state index contributed by atoms with van der Waals surface area (Å²) in [6.07, 6.45) is 0. The minimum absolute atomic E-state index is 0.218. The molecule has 0 bridgehead atoms. The monoisotopic (exact) mass is 370 g/mol. The Kier molecular flexibility index (Phi) is 4.75. The standard InChI is InChI=1S/C18H12Cl2N4O/c1-11-16(17(20)24(23-11)14-5-3-2-4-6-14)18(25)22-13-7-8-15(19)12(9-13)10-21/h2-9H,1H3,(H,22,25). The molecule has 0 fully saturated rings. The van der Waals surface area contributed by atoms with Crippen molar-refractivity contribution in [2.24, 2.45) is 0 Å². The average Bonchev–Trinajstić information content (AvgIpc) is 2.92. The van der Waals surface area contributed by atoms with Gasteiger partial charge in [-0.1, -0.05) is 41.4 Å². The lowest BCUT2D eigenvalue weighted by atomic mass is 10.2. The van der Waals surface area contributed by atoms with E-state index in [2.05, 4.69) is 10.4 Å². The van der Waals surface area contributed by atoms with Gasteiger partial charge >= 0.3 is 0 Å². The number of carbonyl (C=O) groups excluding carboxylic acids is 1. The molecule has 7 heteroatoms. The lowest BCUT2D eigenvalue weighted by molar-refractivity contribution is 0.102. The first-order valence-electron chi connectivity index (χ1n) is 7.33. The van der Waals surface area contributed by atoms with Crippen LogP contribution in [0.25, 0.3) is 5.69 Å². The fraction of sp³-hybridized carbons (Fsp3) is 0.0556. The summed E-state index contributed by atoms with van der Waals surface area (Å²) in [6.45, 7) is 1.71. The zero-order valence-electron chi connectivity index (χ0n) is 13.1. The maximum Gasteiger partial charge on any atom is 0.260 e. The maximum atomic E-state index is 12.6. The van der Waals surface area contributed by atoms with Crippen LogP contribution in [0.4, 0.5) is 5.69 Å². The van der Waals surface area contributed by atoms with Crippen LogP contribution in [0.15, 0.2) is 48.5 Å². The number of rotatable bonds is 3. The van der Waals surface area contributed by atoms with Crippen molar-refractivity contribution in [1.29, 1.82) is 5.26 Å². The van der Waals surface area contributed by atoms with E-state index in [1.54, 1.807) is 19.1 Å². The van der Waals surface area contributed by atoms with E-state index in [0.29, 0.717) is 16.4 Å². The van der Waals surface area contributed by atoms with E-state index in [-0.39, 0.29) is 16.3 Å². The van der Waals surface area contributed by atoms with E-state index >= 15 is 0 Å². The molecule has 5 nitrogen and oxygen atoms in total. The van der Waals surface area contributed by atoms with E-state index in [9.17, 15) is 4.79 Å². The number of nitriles is 1. The molecular formula is C18H12Cl2N4O. The maximum absolute atomic E-state index is 12.6. The van der Waals surface area contributed by atoms with Gasteiger partial charge in [0.05, 0.1) is 22.0 Å². The van der Waals surface area contributed by atoms with Crippen LogP contribution in [0.1, 0.15) is 21.6 Å². The first kappa shape index (κ1) is 17.0. The highest BCUT2D eigenvalue weighted by atomic mass is 35.5. The van der Waals surface area contributed by atoms with Crippen molar-refractivity contribution < 1.29 is 4.79 Å². The molecule has 1 N–H and O–H groups in total. The zero-order chi connectivity index (χ0) is 18.0. The van der Waals surface area contributed by atoms with Gasteiger partial charge in [-0.3, -0.25) is 4.79 Å². The second kappa shape index (κ2) is 6.98. The Hall–Kier alpha value is -2.81. The van der Waals surface area contributed by atoms with E-state index in [4.69, 9.17) is 28.5 Å². The summed E-state index contributed by atoms with van der Waals surface area (Å²) >= 11 is 12.3. The zero-order valence-corrected chi connectivity index (χ0v) is 14.6. The smallest absolute Gasteiger partial charge is 0.260 e. The Morgan fingerprint density at radius 1 is 1.20 bits per heavy atom. The van der Waals surface area contributed by atoms with Gasteiger partial charge in [0.15, 0.2) is 0 Å². The van der Waals surface area contributed by atoms with E-state index in [1.807, 2.05) is 36.4 Å². The first-order valence-corrected chi connectivity index (χ1v) is 8.08. The lowest BCUT2D eigenvalue weighted by Gasteiger charge is -2.06. The van der Waals surface area contributed by atoms with Crippen molar-refractivity contribution in [3.63, 3.8) is 0 Å². The number of para-hydroxylation sites is 1. The predicted octanol–water partition coefficient (Wildman–Crippen LogP) is 4.61. The molecular weight excluding hydrogens is 359 g/mol. The number of hydrogen-bond acceptors (Lipinski definition) is 3. The van der Waals surface area contributed by atoms with Crippen molar-refractivity contribution in [2.45, 2.75) is 6.92 Å². The molecule has 0 aliphatic heterocycles. The third-order valence-electron chi connectivity index (χ3n) is 3.58. The van der Waals surface area contributed by atoms with Gasteiger partial charge in [0.2, 0.25) is 0 Å². The number of halogens is 2. The highest BCUT2D eigenvalue weighted by molar-refractivity contribution is 6.34. The largest absolute Gasteiger partial charge is 0.322 e. The van der Waals surface area contributed by atoms with Gasteiger partial charge in [0.1, 0.15) is 16.8 Å². The number of amides is 1. The van der Waals surface area contributed by atoms with Crippen LogP contribution in [0.5, 0.6) is 0 Å². The molecule has 3 aromatic rings. The van der Waals surface area contributed by atoms with Crippen molar-refractivity contribution in [3.8, 4) is 11.8 Å². The fourth-order valence-electron chi connectivity index (χ4n) is 2.38. The van der Waals surface area contributed by atoms with Crippen LogP contribution in [-0.4, -0.2) is 15.7 Å². The van der Waals surface area contributed by atoms with E-state index in [0.717, 1.165) is 5.69 Å². The molecule has 0 saturated carbocycles. The number of carbonyl (C=O) groups is 1. The molecule has 0 atom stereocenters. The van der Waals surface area contributed by atoms with Crippen molar-refractivity contribution in [3.05, 3.63) is 75.5 Å². The SMILES string of the molecule is Cc1nn(-c2ccccc2)c(Cl)c1C(=O)Nc1ccc(Cl)c(C#N)c1. The molecule has 2 aromatic carbocycles. The van der Waals surface area contributed by atoms with Crippen molar-refractivity contribution in [1.82, 2.24) is 9.78 Å². The number of nitrogens with zero attached hydrogens (tertiary/aromatic N) is 3.